The standard InChI is InChI=1S/C16H15ClN4/c1-10-7-8-12(9-13(10)17)14-15(18)21(19)16(20-14)11-5-3-2-4-6-11/h2-9H,18-19H2,1H3. The van der Waals surface area contributed by atoms with Gasteiger partial charge in [0.05, 0.1) is 0 Å². The van der Waals surface area contributed by atoms with Gasteiger partial charge in [-0.15, -0.1) is 0 Å². The third-order valence-corrected chi connectivity index (χ3v) is 3.83. The number of nitrogens with two attached hydrogens (primary N) is 2. The highest BCUT2D eigenvalue weighted by Crippen LogP contribution is 2.31. The molecular weight excluding hydrogens is 284 g/mol. The zero-order valence-electron chi connectivity index (χ0n) is 11.5. The molecule has 0 aliphatic rings. The fourth-order valence-electron chi connectivity index (χ4n) is 2.19. The Hall–Kier alpha value is -2.46. The Labute approximate surface area is 128 Å². The molecule has 3 aromatic rings. The van der Waals surface area contributed by atoms with E-state index in [4.69, 9.17) is 23.2 Å². The quantitative estimate of drug-likeness (QED) is 0.712. The van der Waals surface area contributed by atoms with Crippen LogP contribution in [0.25, 0.3) is 22.6 Å². The maximum Gasteiger partial charge on any atom is 0.160 e. The lowest BCUT2D eigenvalue weighted by Gasteiger charge is -2.03. The summed E-state index contributed by atoms with van der Waals surface area (Å²) in [5.41, 5.74) is 9.50. The van der Waals surface area contributed by atoms with Crippen molar-refractivity contribution in [3.63, 3.8) is 0 Å². The number of halogens is 1. The van der Waals surface area contributed by atoms with Crippen molar-refractivity contribution in [2.75, 3.05) is 11.6 Å². The largest absolute Gasteiger partial charge is 0.382 e. The van der Waals surface area contributed by atoms with E-state index in [1.165, 1.54) is 4.68 Å². The maximum absolute atomic E-state index is 6.17. The Morgan fingerprint density at radius 3 is 2.43 bits per heavy atom. The number of benzene rings is 2. The molecule has 2 aromatic carbocycles. The number of nitrogens with zero attached hydrogens (tertiary/aromatic N) is 2. The van der Waals surface area contributed by atoms with Gasteiger partial charge in [-0.3, -0.25) is 0 Å². The summed E-state index contributed by atoms with van der Waals surface area (Å²) in [4.78, 5) is 4.57. The molecule has 1 aromatic heterocycles. The Bertz CT molecular complexity index is 794. The van der Waals surface area contributed by atoms with Crippen molar-refractivity contribution in [1.82, 2.24) is 9.66 Å². The second-order valence-electron chi connectivity index (χ2n) is 4.87. The van der Waals surface area contributed by atoms with E-state index < -0.39 is 0 Å². The monoisotopic (exact) mass is 298 g/mol. The van der Waals surface area contributed by atoms with Gasteiger partial charge < -0.3 is 11.6 Å². The molecular formula is C16H15ClN4. The summed E-state index contributed by atoms with van der Waals surface area (Å²) in [6.07, 6.45) is 0. The van der Waals surface area contributed by atoms with Crippen molar-refractivity contribution >= 4 is 17.4 Å². The summed E-state index contributed by atoms with van der Waals surface area (Å²) in [6, 6.07) is 15.4. The molecule has 0 radical (unpaired) electrons. The zero-order chi connectivity index (χ0) is 15.0. The molecule has 4 N–H and O–H groups in total. The van der Waals surface area contributed by atoms with E-state index in [-0.39, 0.29) is 0 Å². The lowest BCUT2D eigenvalue weighted by atomic mass is 10.1. The minimum atomic E-state index is 0.411. The summed E-state index contributed by atoms with van der Waals surface area (Å²) >= 11 is 6.17. The van der Waals surface area contributed by atoms with E-state index in [9.17, 15) is 0 Å². The van der Waals surface area contributed by atoms with Crippen molar-refractivity contribution in [3.05, 3.63) is 59.1 Å². The first-order chi connectivity index (χ1) is 10.1. The molecule has 3 rings (SSSR count). The van der Waals surface area contributed by atoms with Gasteiger partial charge in [0.1, 0.15) is 5.69 Å². The zero-order valence-corrected chi connectivity index (χ0v) is 12.3. The van der Waals surface area contributed by atoms with Crippen LogP contribution in [-0.4, -0.2) is 9.66 Å². The third-order valence-electron chi connectivity index (χ3n) is 3.43. The highest BCUT2D eigenvalue weighted by Gasteiger charge is 2.16. The molecule has 0 atom stereocenters. The molecule has 1 heterocycles. The van der Waals surface area contributed by atoms with Crippen LogP contribution in [0, 0.1) is 6.92 Å². The Balaban J connectivity index is 2.15. The fourth-order valence-corrected chi connectivity index (χ4v) is 2.37. The molecule has 4 nitrogen and oxygen atoms in total. The van der Waals surface area contributed by atoms with E-state index in [0.29, 0.717) is 22.4 Å². The number of rotatable bonds is 2. The van der Waals surface area contributed by atoms with Crippen LogP contribution in [0.1, 0.15) is 5.56 Å². The Kier molecular flexibility index (Phi) is 3.31. The first-order valence-electron chi connectivity index (χ1n) is 6.53. The van der Waals surface area contributed by atoms with E-state index >= 15 is 0 Å². The summed E-state index contributed by atoms with van der Waals surface area (Å²) in [5.74, 6) is 7.07. The molecule has 0 saturated carbocycles. The molecule has 5 heteroatoms. The number of aryl methyl sites for hydroxylation is 1. The highest BCUT2D eigenvalue weighted by atomic mass is 35.5. The second kappa shape index (κ2) is 5.14. The van der Waals surface area contributed by atoms with Crippen LogP contribution < -0.4 is 11.6 Å². The van der Waals surface area contributed by atoms with Gasteiger partial charge in [-0.25, -0.2) is 9.66 Å². The number of imidazole rings is 1. The van der Waals surface area contributed by atoms with E-state index in [0.717, 1.165) is 16.7 Å². The van der Waals surface area contributed by atoms with Gasteiger partial charge in [0, 0.05) is 16.1 Å². The number of hydrogen-bond acceptors (Lipinski definition) is 3. The topological polar surface area (TPSA) is 69.9 Å². The van der Waals surface area contributed by atoms with Gasteiger partial charge in [-0.1, -0.05) is 54.1 Å². The van der Waals surface area contributed by atoms with Crippen LogP contribution in [0.2, 0.25) is 5.02 Å². The molecule has 0 bridgehead atoms. The second-order valence-corrected chi connectivity index (χ2v) is 5.28. The van der Waals surface area contributed by atoms with Crippen LogP contribution in [0.4, 0.5) is 5.82 Å². The molecule has 106 valence electrons. The number of anilines is 1. The van der Waals surface area contributed by atoms with Crippen molar-refractivity contribution in [2.24, 2.45) is 0 Å². The van der Waals surface area contributed by atoms with Crippen molar-refractivity contribution in [3.8, 4) is 22.6 Å². The van der Waals surface area contributed by atoms with Crippen LogP contribution in [0.15, 0.2) is 48.5 Å². The molecule has 0 spiro atoms. The predicted octanol–water partition coefficient (Wildman–Crippen LogP) is 3.47. The van der Waals surface area contributed by atoms with Gasteiger partial charge in [0.15, 0.2) is 11.6 Å². The minimum absolute atomic E-state index is 0.411. The molecule has 0 unspecified atom stereocenters. The number of nitrogen functional groups attached to an aromatic ring is 2. The van der Waals surface area contributed by atoms with Gasteiger partial charge in [-0.05, 0) is 18.6 Å². The van der Waals surface area contributed by atoms with E-state index in [1.807, 2.05) is 55.5 Å². The third kappa shape index (κ3) is 2.34. The molecule has 0 amide bonds. The summed E-state index contributed by atoms with van der Waals surface area (Å²) in [5, 5.41) is 0.680. The Morgan fingerprint density at radius 2 is 1.76 bits per heavy atom. The minimum Gasteiger partial charge on any atom is -0.382 e. The van der Waals surface area contributed by atoms with Crippen molar-refractivity contribution in [1.29, 1.82) is 0 Å². The van der Waals surface area contributed by atoms with Crippen LogP contribution >= 0.6 is 11.6 Å². The summed E-state index contributed by atoms with van der Waals surface area (Å²) in [7, 11) is 0. The van der Waals surface area contributed by atoms with Gasteiger partial charge >= 0.3 is 0 Å². The molecule has 0 aliphatic heterocycles. The SMILES string of the molecule is Cc1ccc(-c2nc(-c3ccccc3)n(N)c2N)cc1Cl. The maximum atomic E-state index is 6.17. The average molecular weight is 299 g/mol. The number of aromatic nitrogens is 2. The van der Waals surface area contributed by atoms with Gasteiger partial charge in [0.25, 0.3) is 0 Å². The van der Waals surface area contributed by atoms with Crippen LogP contribution in [-0.2, 0) is 0 Å². The van der Waals surface area contributed by atoms with Crippen molar-refractivity contribution in [2.45, 2.75) is 6.92 Å². The lowest BCUT2D eigenvalue weighted by molar-refractivity contribution is 1.02. The van der Waals surface area contributed by atoms with Gasteiger partial charge in [-0.2, -0.15) is 0 Å². The fraction of sp³-hybridized carbons (Fsp3) is 0.0625. The van der Waals surface area contributed by atoms with Crippen LogP contribution in [0.5, 0.6) is 0 Å². The lowest BCUT2D eigenvalue weighted by Crippen LogP contribution is -2.13. The number of hydrogen-bond donors (Lipinski definition) is 2. The summed E-state index contributed by atoms with van der Waals surface area (Å²) < 4.78 is 1.40. The molecule has 0 aliphatic carbocycles. The molecule has 0 saturated heterocycles. The van der Waals surface area contributed by atoms with E-state index in [2.05, 4.69) is 4.98 Å². The normalized spacial score (nSPS) is 10.8. The smallest absolute Gasteiger partial charge is 0.160 e. The predicted molar refractivity (Wildman–Crippen MR) is 87.4 cm³/mol. The Morgan fingerprint density at radius 1 is 1.05 bits per heavy atom. The van der Waals surface area contributed by atoms with Crippen LogP contribution in [0.3, 0.4) is 0 Å². The van der Waals surface area contributed by atoms with Crippen molar-refractivity contribution < 1.29 is 0 Å². The summed E-state index contributed by atoms with van der Waals surface area (Å²) in [6.45, 7) is 1.95. The highest BCUT2D eigenvalue weighted by molar-refractivity contribution is 6.31. The molecule has 21 heavy (non-hydrogen) atoms. The molecule has 0 fully saturated rings. The van der Waals surface area contributed by atoms with E-state index in [1.54, 1.807) is 0 Å². The average Bonchev–Trinajstić information content (AvgIpc) is 2.79. The first kappa shape index (κ1) is 13.5. The first-order valence-corrected chi connectivity index (χ1v) is 6.91. The van der Waals surface area contributed by atoms with Gasteiger partial charge in [0.2, 0.25) is 0 Å².